The molecule has 3 unspecified atom stereocenters. The zero-order chi connectivity index (χ0) is 14.3. The number of hydrogen-bond acceptors (Lipinski definition) is 3. The van der Waals surface area contributed by atoms with Crippen LogP contribution in [0, 0.1) is 18.8 Å². The largest absolute Gasteiger partial charge is 0.480 e. The van der Waals surface area contributed by atoms with E-state index in [1.165, 1.54) is 11.1 Å². The number of aromatic nitrogens is 1. The quantitative estimate of drug-likeness (QED) is 0.891. The first-order chi connectivity index (χ1) is 9.58. The van der Waals surface area contributed by atoms with E-state index >= 15 is 0 Å². The number of carbonyl (C=O) groups is 2. The second-order valence-electron chi connectivity index (χ2n) is 5.78. The molecule has 5 nitrogen and oxygen atoms in total. The van der Waals surface area contributed by atoms with Gasteiger partial charge in [0.1, 0.15) is 6.04 Å². The van der Waals surface area contributed by atoms with E-state index in [1.807, 2.05) is 6.92 Å². The van der Waals surface area contributed by atoms with Crippen LogP contribution in [-0.2, 0) is 4.79 Å². The molecule has 3 rings (SSSR count). The lowest BCUT2D eigenvalue weighted by Crippen LogP contribution is -2.43. The number of pyridine rings is 1. The molecule has 1 amide bonds. The molecule has 106 valence electrons. The van der Waals surface area contributed by atoms with Crippen molar-refractivity contribution >= 4 is 11.9 Å². The van der Waals surface area contributed by atoms with E-state index in [4.69, 9.17) is 0 Å². The van der Waals surface area contributed by atoms with Crippen LogP contribution in [0.2, 0.25) is 0 Å². The Kier molecular flexibility index (Phi) is 3.20. The average Bonchev–Trinajstić information content (AvgIpc) is 2.97. The number of hydrogen-bond donors (Lipinski definition) is 1. The van der Waals surface area contributed by atoms with Gasteiger partial charge in [-0.15, -0.1) is 0 Å². The van der Waals surface area contributed by atoms with Crippen LogP contribution in [-0.4, -0.2) is 39.5 Å². The summed E-state index contributed by atoms with van der Waals surface area (Å²) in [7, 11) is 0. The number of nitrogens with zero attached hydrogens (tertiary/aromatic N) is 2. The molecule has 2 heterocycles. The van der Waals surface area contributed by atoms with Gasteiger partial charge in [0.2, 0.25) is 0 Å². The monoisotopic (exact) mass is 274 g/mol. The van der Waals surface area contributed by atoms with Crippen molar-refractivity contribution in [2.45, 2.75) is 32.2 Å². The van der Waals surface area contributed by atoms with Gasteiger partial charge in [0, 0.05) is 18.4 Å². The summed E-state index contributed by atoms with van der Waals surface area (Å²) in [5.41, 5.74) is 1.32. The zero-order valence-electron chi connectivity index (χ0n) is 11.5. The lowest BCUT2D eigenvalue weighted by atomic mass is 9.94. The smallest absolute Gasteiger partial charge is 0.326 e. The van der Waals surface area contributed by atoms with E-state index < -0.39 is 12.0 Å². The predicted molar refractivity (Wildman–Crippen MR) is 72.3 cm³/mol. The third-order valence-electron chi connectivity index (χ3n) is 4.56. The number of amides is 1. The Morgan fingerprint density at radius 3 is 2.80 bits per heavy atom. The standard InChI is InChI=1S/C15H18N2O3/c1-9-5-6-10(7-16-9)14(18)17-8-11-3-2-4-12(11)13(17)15(19)20/h5-7,11-13H,2-4,8H2,1H3,(H,19,20). The van der Waals surface area contributed by atoms with E-state index in [-0.39, 0.29) is 11.8 Å². The van der Waals surface area contributed by atoms with Gasteiger partial charge in [-0.05, 0) is 43.7 Å². The van der Waals surface area contributed by atoms with Gasteiger partial charge in [0.05, 0.1) is 5.56 Å². The molecule has 0 bridgehead atoms. The minimum atomic E-state index is -0.882. The van der Waals surface area contributed by atoms with Crippen LogP contribution in [0.4, 0.5) is 0 Å². The molecule has 0 radical (unpaired) electrons. The van der Waals surface area contributed by atoms with Gasteiger partial charge in [0.15, 0.2) is 0 Å². The number of carboxylic acids is 1. The molecule has 2 fully saturated rings. The first kappa shape index (κ1) is 13.1. The summed E-state index contributed by atoms with van der Waals surface area (Å²) in [5, 5.41) is 9.46. The number of likely N-dealkylation sites (tertiary alicyclic amines) is 1. The fourth-order valence-corrected chi connectivity index (χ4v) is 3.59. The Morgan fingerprint density at radius 1 is 1.35 bits per heavy atom. The Morgan fingerprint density at radius 2 is 2.15 bits per heavy atom. The van der Waals surface area contributed by atoms with Crippen molar-refractivity contribution in [2.75, 3.05) is 6.54 Å². The number of fused-ring (bicyclic) bond motifs is 1. The van der Waals surface area contributed by atoms with Crippen molar-refractivity contribution in [2.24, 2.45) is 11.8 Å². The molecule has 0 spiro atoms. The van der Waals surface area contributed by atoms with Crippen LogP contribution < -0.4 is 0 Å². The van der Waals surface area contributed by atoms with E-state index in [1.54, 1.807) is 12.1 Å². The fourth-order valence-electron chi connectivity index (χ4n) is 3.59. The van der Waals surface area contributed by atoms with Gasteiger partial charge in [-0.2, -0.15) is 0 Å². The molecule has 5 heteroatoms. The third kappa shape index (κ3) is 2.07. The van der Waals surface area contributed by atoms with Crippen molar-refractivity contribution < 1.29 is 14.7 Å². The van der Waals surface area contributed by atoms with Crippen molar-refractivity contribution in [1.29, 1.82) is 0 Å². The van der Waals surface area contributed by atoms with Gasteiger partial charge in [-0.3, -0.25) is 9.78 Å². The zero-order valence-corrected chi connectivity index (χ0v) is 11.5. The van der Waals surface area contributed by atoms with Crippen LogP contribution in [0.25, 0.3) is 0 Å². The lowest BCUT2D eigenvalue weighted by Gasteiger charge is -2.24. The van der Waals surface area contributed by atoms with Crippen LogP contribution in [0.15, 0.2) is 18.3 Å². The number of aliphatic carboxylic acids is 1. The summed E-state index contributed by atoms with van der Waals surface area (Å²) < 4.78 is 0. The maximum absolute atomic E-state index is 12.5. The van der Waals surface area contributed by atoms with Crippen molar-refractivity contribution in [3.8, 4) is 0 Å². The van der Waals surface area contributed by atoms with E-state index in [0.717, 1.165) is 25.0 Å². The fraction of sp³-hybridized carbons (Fsp3) is 0.533. The van der Waals surface area contributed by atoms with Gasteiger partial charge in [-0.1, -0.05) is 6.42 Å². The number of carbonyl (C=O) groups excluding carboxylic acids is 1. The van der Waals surface area contributed by atoms with Gasteiger partial charge < -0.3 is 10.0 Å². The summed E-state index contributed by atoms with van der Waals surface area (Å²) in [5.74, 6) is -0.625. The number of aryl methyl sites for hydroxylation is 1. The highest BCUT2D eigenvalue weighted by Gasteiger charge is 2.49. The molecule has 1 aromatic rings. The molecule has 1 aromatic heterocycles. The topological polar surface area (TPSA) is 70.5 Å². The molecular weight excluding hydrogens is 256 g/mol. The second-order valence-corrected chi connectivity index (χ2v) is 5.78. The van der Waals surface area contributed by atoms with Crippen LogP contribution in [0.1, 0.15) is 35.3 Å². The average molecular weight is 274 g/mol. The molecule has 1 saturated carbocycles. The molecule has 20 heavy (non-hydrogen) atoms. The van der Waals surface area contributed by atoms with E-state index in [2.05, 4.69) is 4.98 Å². The first-order valence-corrected chi connectivity index (χ1v) is 7.04. The Labute approximate surface area is 117 Å². The van der Waals surface area contributed by atoms with Crippen LogP contribution >= 0.6 is 0 Å². The Bertz CT molecular complexity index is 541. The van der Waals surface area contributed by atoms with Crippen molar-refractivity contribution in [1.82, 2.24) is 9.88 Å². The summed E-state index contributed by atoms with van der Waals surface area (Å²) in [6, 6.07) is 2.83. The van der Waals surface area contributed by atoms with Crippen molar-refractivity contribution in [3.05, 3.63) is 29.6 Å². The molecule has 1 N–H and O–H groups in total. The highest BCUT2D eigenvalue weighted by Crippen LogP contribution is 2.42. The summed E-state index contributed by atoms with van der Waals surface area (Å²) in [6.07, 6.45) is 4.56. The number of carboxylic acid groups (broad SMARTS) is 1. The molecule has 1 aliphatic heterocycles. The number of rotatable bonds is 2. The maximum Gasteiger partial charge on any atom is 0.326 e. The minimum Gasteiger partial charge on any atom is -0.480 e. The molecular formula is C15H18N2O3. The third-order valence-corrected chi connectivity index (χ3v) is 4.56. The van der Waals surface area contributed by atoms with Crippen LogP contribution in [0.3, 0.4) is 0 Å². The van der Waals surface area contributed by atoms with Gasteiger partial charge in [0.25, 0.3) is 5.91 Å². The highest BCUT2D eigenvalue weighted by molar-refractivity contribution is 5.96. The molecule has 1 saturated heterocycles. The van der Waals surface area contributed by atoms with Crippen LogP contribution in [0.5, 0.6) is 0 Å². The Balaban J connectivity index is 1.87. The Hall–Kier alpha value is -1.91. The molecule has 0 aromatic carbocycles. The molecule has 1 aliphatic carbocycles. The summed E-state index contributed by atoms with van der Waals surface area (Å²) >= 11 is 0. The van der Waals surface area contributed by atoms with Crippen molar-refractivity contribution in [3.63, 3.8) is 0 Å². The van der Waals surface area contributed by atoms with Gasteiger partial charge in [-0.25, -0.2) is 4.79 Å². The predicted octanol–water partition coefficient (Wildman–Crippen LogP) is 1.72. The van der Waals surface area contributed by atoms with E-state index in [0.29, 0.717) is 18.0 Å². The highest BCUT2D eigenvalue weighted by atomic mass is 16.4. The maximum atomic E-state index is 12.5. The minimum absolute atomic E-state index is 0.120. The second kappa shape index (κ2) is 4.89. The van der Waals surface area contributed by atoms with E-state index in [9.17, 15) is 14.7 Å². The summed E-state index contributed by atoms with van der Waals surface area (Å²) in [6.45, 7) is 2.42. The molecule has 3 atom stereocenters. The lowest BCUT2D eigenvalue weighted by molar-refractivity contribution is -0.142. The SMILES string of the molecule is Cc1ccc(C(=O)N2CC3CCCC3C2C(=O)O)cn1. The first-order valence-electron chi connectivity index (χ1n) is 7.04. The normalized spacial score (nSPS) is 28.4. The molecule has 2 aliphatic rings. The summed E-state index contributed by atoms with van der Waals surface area (Å²) in [4.78, 5) is 29.7. The van der Waals surface area contributed by atoms with Gasteiger partial charge >= 0.3 is 5.97 Å².